The molecule has 2 aromatic heterocycles. The number of rotatable bonds is 4. The number of hydrogen-bond donors (Lipinski definition) is 0. The minimum absolute atomic E-state index is 0.0446. The van der Waals surface area contributed by atoms with Gasteiger partial charge < -0.3 is 9.80 Å². The molecule has 4 heterocycles. The lowest BCUT2D eigenvalue weighted by molar-refractivity contribution is 0.0704. The SMILES string of the molecule is Cc1nc(C2CCCN(C(=O)c3cnn(C)c3)C2)nc2c1CCCN2Cc1ccccc1. The van der Waals surface area contributed by atoms with Crippen LogP contribution in [0.4, 0.5) is 5.82 Å². The fraction of sp³-hybridized carbons (Fsp3) is 0.440. The smallest absolute Gasteiger partial charge is 0.257 e. The van der Waals surface area contributed by atoms with E-state index in [1.54, 1.807) is 17.1 Å². The van der Waals surface area contributed by atoms with Gasteiger partial charge in [0.05, 0.1) is 11.8 Å². The fourth-order valence-electron chi connectivity index (χ4n) is 4.94. The number of piperidine rings is 1. The molecule has 1 aromatic carbocycles. The van der Waals surface area contributed by atoms with Crippen LogP contribution in [0.25, 0.3) is 0 Å². The Morgan fingerprint density at radius 1 is 1.12 bits per heavy atom. The topological polar surface area (TPSA) is 67.2 Å². The third kappa shape index (κ3) is 4.11. The molecule has 0 bridgehead atoms. The summed E-state index contributed by atoms with van der Waals surface area (Å²) in [5.41, 5.74) is 4.29. The van der Waals surface area contributed by atoms with Crippen LogP contribution in [-0.4, -0.2) is 50.2 Å². The van der Waals surface area contributed by atoms with Crippen molar-refractivity contribution in [3.63, 3.8) is 0 Å². The molecule has 2 aliphatic rings. The first-order chi connectivity index (χ1) is 15.6. The van der Waals surface area contributed by atoms with Gasteiger partial charge in [0.1, 0.15) is 11.6 Å². The summed E-state index contributed by atoms with van der Waals surface area (Å²) >= 11 is 0. The zero-order valence-electron chi connectivity index (χ0n) is 18.9. The zero-order chi connectivity index (χ0) is 22.1. The van der Waals surface area contributed by atoms with Gasteiger partial charge in [0, 0.05) is 56.6 Å². The van der Waals surface area contributed by atoms with Crippen molar-refractivity contribution < 1.29 is 4.79 Å². The molecule has 1 unspecified atom stereocenters. The Morgan fingerprint density at radius 2 is 1.97 bits per heavy atom. The molecule has 7 heteroatoms. The molecule has 1 amide bonds. The molecule has 1 saturated heterocycles. The van der Waals surface area contributed by atoms with Crippen molar-refractivity contribution in [2.75, 3.05) is 24.5 Å². The molecule has 0 N–H and O–H groups in total. The highest BCUT2D eigenvalue weighted by atomic mass is 16.2. The van der Waals surface area contributed by atoms with Gasteiger partial charge in [-0.05, 0) is 38.2 Å². The molecule has 7 nitrogen and oxygen atoms in total. The van der Waals surface area contributed by atoms with E-state index in [1.165, 1.54) is 11.1 Å². The first kappa shape index (κ1) is 20.7. The van der Waals surface area contributed by atoms with Crippen LogP contribution in [0.3, 0.4) is 0 Å². The highest BCUT2D eigenvalue weighted by molar-refractivity contribution is 5.93. The lowest BCUT2D eigenvalue weighted by atomic mass is 9.95. The zero-order valence-corrected chi connectivity index (χ0v) is 18.9. The van der Waals surface area contributed by atoms with Crippen LogP contribution < -0.4 is 4.90 Å². The standard InChI is InChI=1S/C25H30N6O/c1-18-22-11-7-12-30(15-19-8-4-3-5-9-19)24(22)28-23(27-18)20-10-6-13-31(17-20)25(32)21-14-26-29(2)16-21/h3-5,8-9,14,16,20H,6-7,10-13,15,17H2,1-2H3. The van der Waals surface area contributed by atoms with Gasteiger partial charge in [-0.3, -0.25) is 9.48 Å². The average Bonchev–Trinajstić information content (AvgIpc) is 3.26. The van der Waals surface area contributed by atoms with Crippen LogP contribution in [0.5, 0.6) is 0 Å². The summed E-state index contributed by atoms with van der Waals surface area (Å²) < 4.78 is 1.67. The third-order valence-electron chi connectivity index (χ3n) is 6.61. The molecule has 0 aliphatic carbocycles. The Morgan fingerprint density at radius 3 is 2.75 bits per heavy atom. The molecule has 1 fully saturated rings. The van der Waals surface area contributed by atoms with Gasteiger partial charge in [0.2, 0.25) is 0 Å². The van der Waals surface area contributed by atoms with Crippen LogP contribution in [-0.2, 0) is 20.0 Å². The molecule has 1 atom stereocenters. The van der Waals surface area contributed by atoms with Crippen LogP contribution in [0.2, 0.25) is 0 Å². The minimum Gasteiger partial charge on any atom is -0.352 e. The van der Waals surface area contributed by atoms with Crippen molar-refractivity contribution in [3.05, 3.63) is 70.9 Å². The van der Waals surface area contributed by atoms with E-state index in [-0.39, 0.29) is 11.8 Å². The van der Waals surface area contributed by atoms with Gasteiger partial charge >= 0.3 is 0 Å². The Kier molecular flexibility index (Phi) is 5.64. The molecule has 32 heavy (non-hydrogen) atoms. The van der Waals surface area contributed by atoms with Gasteiger partial charge in [-0.2, -0.15) is 5.10 Å². The molecule has 3 aromatic rings. The van der Waals surface area contributed by atoms with E-state index in [9.17, 15) is 4.79 Å². The summed E-state index contributed by atoms with van der Waals surface area (Å²) in [5.74, 6) is 2.17. The largest absolute Gasteiger partial charge is 0.352 e. The summed E-state index contributed by atoms with van der Waals surface area (Å²) in [6, 6.07) is 10.6. The quantitative estimate of drug-likeness (QED) is 0.634. The summed E-state index contributed by atoms with van der Waals surface area (Å²) in [7, 11) is 1.83. The van der Waals surface area contributed by atoms with E-state index >= 15 is 0 Å². The first-order valence-electron chi connectivity index (χ1n) is 11.5. The number of nitrogens with zero attached hydrogens (tertiary/aromatic N) is 6. The normalized spacial score (nSPS) is 18.5. The summed E-state index contributed by atoms with van der Waals surface area (Å²) in [4.78, 5) is 27.3. The van der Waals surface area contributed by atoms with Crippen molar-refractivity contribution in [1.29, 1.82) is 0 Å². The molecule has 0 saturated carbocycles. The van der Waals surface area contributed by atoms with Gasteiger partial charge in [-0.15, -0.1) is 0 Å². The predicted molar refractivity (Wildman–Crippen MR) is 124 cm³/mol. The predicted octanol–water partition coefficient (Wildman–Crippen LogP) is 3.49. The minimum atomic E-state index is 0.0446. The van der Waals surface area contributed by atoms with Gasteiger partial charge in [-0.1, -0.05) is 30.3 Å². The second kappa shape index (κ2) is 8.73. The van der Waals surface area contributed by atoms with E-state index in [1.807, 2.05) is 11.9 Å². The Hall–Kier alpha value is -3.22. The Labute approximate surface area is 189 Å². The lowest BCUT2D eigenvalue weighted by Crippen LogP contribution is -2.40. The van der Waals surface area contributed by atoms with Crippen LogP contribution >= 0.6 is 0 Å². The number of hydrogen-bond acceptors (Lipinski definition) is 5. The first-order valence-corrected chi connectivity index (χ1v) is 11.5. The van der Waals surface area contributed by atoms with Gasteiger partial charge in [0.25, 0.3) is 5.91 Å². The number of benzene rings is 1. The fourth-order valence-corrected chi connectivity index (χ4v) is 4.94. The van der Waals surface area contributed by atoms with Crippen LogP contribution in [0.15, 0.2) is 42.7 Å². The molecular formula is C25H30N6O. The molecule has 166 valence electrons. The van der Waals surface area contributed by atoms with Crippen molar-refractivity contribution >= 4 is 11.7 Å². The number of anilines is 1. The van der Waals surface area contributed by atoms with E-state index in [0.29, 0.717) is 12.1 Å². The molecule has 5 rings (SSSR count). The lowest BCUT2D eigenvalue weighted by Gasteiger charge is -2.34. The summed E-state index contributed by atoms with van der Waals surface area (Å²) in [6.45, 7) is 5.41. The maximum atomic E-state index is 13.0. The molecule has 0 spiro atoms. The molecular weight excluding hydrogens is 400 g/mol. The number of fused-ring (bicyclic) bond motifs is 1. The molecule has 0 radical (unpaired) electrons. The van der Waals surface area contributed by atoms with Crippen molar-refractivity contribution in [1.82, 2.24) is 24.6 Å². The van der Waals surface area contributed by atoms with E-state index in [0.717, 1.165) is 62.7 Å². The van der Waals surface area contributed by atoms with Gasteiger partial charge in [0.15, 0.2) is 0 Å². The number of carbonyl (C=O) groups excluding carboxylic acids is 1. The Balaban J connectivity index is 1.39. The van der Waals surface area contributed by atoms with Crippen LogP contribution in [0, 0.1) is 6.92 Å². The highest BCUT2D eigenvalue weighted by Gasteiger charge is 2.30. The maximum Gasteiger partial charge on any atom is 0.257 e. The second-order valence-electron chi connectivity index (χ2n) is 8.97. The Bertz CT molecular complexity index is 1110. The summed E-state index contributed by atoms with van der Waals surface area (Å²) in [5, 5.41) is 4.15. The number of carbonyl (C=O) groups is 1. The third-order valence-corrected chi connectivity index (χ3v) is 6.61. The average molecular weight is 431 g/mol. The number of likely N-dealkylation sites (tertiary alicyclic amines) is 1. The number of amides is 1. The van der Waals surface area contributed by atoms with Crippen molar-refractivity contribution in [2.45, 2.75) is 45.1 Å². The van der Waals surface area contributed by atoms with E-state index in [2.05, 4.69) is 47.3 Å². The number of aromatic nitrogens is 4. The van der Waals surface area contributed by atoms with E-state index in [4.69, 9.17) is 9.97 Å². The van der Waals surface area contributed by atoms with Gasteiger partial charge in [-0.25, -0.2) is 9.97 Å². The number of aryl methyl sites for hydroxylation is 2. The monoisotopic (exact) mass is 430 g/mol. The van der Waals surface area contributed by atoms with Crippen LogP contribution in [0.1, 0.15) is 58.2 Å². The summed E-state index contributed by atoms with van der Waals surface area (Å²) in [6.07, 6.45) is 7.56. The van der Waals surface area contributed by atoms with Crippen molar-refractivity contribution in [3.8, 4) is 0 Å². The maximum absolute atomic E-state index is 13.0. The molecule has 2 aliphatic heterocycles. The highest BCUT2D eigenvalue weighted by Crippen LogP contribution is 2.32. The van der Waals surface area contributed by atoms with Crippen molar-refractivity contribution in [2.24, 2.45) is 7.05 Å². The van der Waals surface area contributed by atoms with E-state index < -0.39 is 0 Å². The second-order valence-corrected chi connectivity index (χ2v) is 8.97.